The van der Waals surface area contributed by atoms with Gasteiger partial charge < -0.3 is 9.52 Å². The Bertz CT molecular complexity index is 505. The molecule has 2 nitrogen and oxygen atoms in total. The number of furan rings is 1. The topological polar surface area (TPSA) is 33.4 Å². The lowest BCUT2D eigenvalue weighted by Gasteiger charge is -2.10. The lowest BCUT2D eigenvalue weighted by Crippen LogP contribution is -2.05. The number of benzene rings is 1. The van der Waals surface area contributed by atoms with Crippen molar-refractivity contribution in [2.24, 2.45) is 0 Å². The Morgan fingerprint density at radius 2 is 1.88 bits per heavy atom. The van der Waals surface area contributed by atoms with Gasteiger partial charge in [-0.1, -0.05) is 6.07 Å². The van der Waals surface area contributed by atoms with E-state index in [-0.39, 0.29) is 12.0 Å². The molecule has 2 rings (SSSR count). The van der Waals surface area contributed by atoms with Crippen LogP contribution in [0.3, 0.4) is 0 Å². The maximum absolute atomic E-state index is 13.4. The van der Waals surface area contributed by atoms with E-state index in [1.807, 2.05) is 0 Å². The van der Waals surface area contributed by atoms with Gasteiger partial charge in [0.15, 0.2) is 4.67 Å². The second kappa shape index (κ2) is 4.98. The van der Waals surface area contributed by atoms with Gasteiger partial charge in [0, 0.05) is 17.5 Å². The van der Waals surface area contributed by atoms with E-state index in [1.165, 1.54) is 12.3 Å². The van der Waals surface area contributed by atoms with Crippen LogP contribution in [0.5, 0.6) is 0 Å². The molecule has 1 aromatic heterocycles. The van der Waals surface area contributed by atoms with Gasteiger partial charge in [0.2, 0.25) is 0 Å². The van der Waals surface area contributed by atoms with Gasteiger partial charge in [-0.05, 0) is 34.1 Å². The molecule has 17 heavy (non-hydrogen) atoms. The maximum atomic E-state index is 13.4. The summed E-state index contributed by atoms with van der Waals surface area (Å²) in [6, 6.07) is 5.16. The number of aliphatic hydroxyl groups excluding tert-OH is 1. The fourth-order valence-corrected chi connectivity index (χ4v) is 2.08. The molecule has 0 bridgehead atoms. The largest absolute Gasteiger partial charge is 0.457 e. The van der Waals surface area contributed by atoms with Gasteiger partial charge >= 0.3 is 0 Å². The first-order chi connectivity index (χ1) is 8.09. The Morgan fingerprint density at radius 3 is 2.41 bits per heavy atom. The fraction of sp³-hybridized carbons (Fsp3) is 0.167. The van der Waals surface area contributed by atoms with Gasteiger partial charge in [0.05, 0.1) is 12.4 Å². The van der Waals surface area contributed by atoms with Crippen LogP contribution in [0, 0.1) is 11.6 Å². The molecule has 0 radical (unpaired) electrons. The Balaban J connectivity index is 2.25. The number of hydrogen-bond donors (Lipinski definition) is 1. The Labute approximate surface area is 105 Å². The van der Waals surface area contributed by atoms with Crippen LogP contribution < -0.4 is 0 Å². The zero-order valence-corrected chi connectivity index (χ0v) is 10.2. The van der Waals surface area contributed by atoms with E-state index in [0.29, 0.717) is 10.2 Å². The highest BCUT2D eigenvalue weighted by Crippen LogP contribution is 2.28. The molecule has 1 unspecified atom stereocenters. The molecule has 1 atom stereocenters. The highest BCUT2D eigenvalue weighted by Gasteiger charge is 2.18. The quantitative estimate of drug-likeness (QED) is 0.940. The molecule has 1 heterocycles. The molecule has 0 spiro atoms. The Hall–Kier alpha value is -1.20. The van der Waals surface area contributed by atoms with Gasteiger partial charge in [-0.3, -0.25) is 0 Å². The van der Waals surface area contributed by atoms with Crippen molar-refractivity contribution in [3.8, 4) is 0 Å². The van der Waals surface area contributed by atoms with Gasteiger partial charge in [-0.2, -0.15) is 0 Å². The highest BCUT2D eigenvalue weighted by atomic mass is 79.9. The smallest absolute Gasteiger partial charge is 0.174 e. The van der Waals surface area contributed by atoms with Gasteiger partial charge in [0.1, 0.15) is 11.6 Å². The molecular weight excluding hydrogens is 294 g/mol. The summed E-state index contributed by atoms with van der Waals surface area (Å²) >= 11 is 3.10. The zero-order valence-electron chi connectivity index (χ0n) is 8.66. The van der Waals surface area contributed by atoms with Crippen molar-refractivity contribution in [2.45, 2.75) is 12.5 Å². The summed E-state index contributed by atoms with van der Waals surface area (Å²) in [5.74, 6) is -1.33. The number of halogens is 3. The second-order valence-electron chi connectivity index (χ2n) is 3.57. The summed E-state index contributed by atoms with van der Waals surface area (Å²) in [4.78, 5) is 0. The predicted octanol–water partition coefficient (Wildman–Crippen LogP) is 3.60. The summed E-state index contributed by atoms with van der Waals surface area (Å²) in [6.07, 6.45) is 0.228. The molecule has 0 saturated carbocycles. The summed E-state index contributed by atoms with van der Waals surface area (Å²) in [5, 5.41) is 9.87. The molecule has 2 aromatic rings. The third kappa shape index (κ3) is 2.56. The van der Waals surface area contributed by atoms with Crippen LogP contribution in [0.4, 0.5) is 8.78 Å². The molecule has 90 valence electrons. The standard InChI is InChI=1S/C12H9BrF2O2/c13-12-7(4-5-17-12)11(16)6-8-9(14)2-1-3-10(8)15/h1-5,11,16H,6H2. The van der Waals surface area contributed by atoms with E-state index in [9.17, 15) is 13.9 Å². The van der Waals surface area contributed by atoms with Crippen molar-refractivity contribution in [3.63, 3.8) is 0 Å². The lowest BCUT2D eigenvalue weighted by molar-refractivity contribution is 0.173. The number of hydrogen-bond acceptors (Lipinski definition) is 2. The second-order valence-corrected chi connectivity index (χ2v) is 4.29. The van der Waals surface area contributed by atoms with Gasteiger partial charge in [0.25, 0.3) is 0 Å². The third-order valence-electron chi connectivity index (χ3n) is 2.46. The molecule has 0 fully saturated rings. The monoisotopic (exact) mass is 302 g/mol. The van der Waals surface area contributed by atoms with Crippen molar-refractivity contribution in [1.29, 1.82) is 0 Å². The first kappa shape index (κ1) is 12.3. The van der Waals surface area contributed by atoms with Crippen LogP contribution >= 0.6 is 15.9 Å². The summed E-state index contributed by atoms with van der Waals surface area (Å²) in [5.41, 5.74) is 0.334. The molecular formula is C12H9BrF2O2. The first-order valence-corrected chi connectivity index (χ1v) is 5.72. The average molecular weight is 303 g/mol. The number of rotatable bonds is 3. The van der Waals surface area contributed by atoms with Crippen LogP contribution in [-0.2, 0) is 6.42 Å². The van der Waals surface area contributed by atoms with Crippen molar-refractivity contribution in [1.82, 2.24) is 0 Å². The Morgan fingerprint density at radius 1 is 1.24 bits per heavy atom. The minimum atomic E-state index is -1.02. The van der Waals surface area contributed by atoms with E-state index >= 15 is 0 Å². The van der Waals surface area contributed by atoms with E-state index in [4.69, 9.17) is 4.42 Å². The lowest BCUT2D eigenvalue weighted by atomic mass is 10.0. The van der Waals surface area contributed by atoms with E-state index < -0.39 is 17.7 Å². The van der Waals surface area contributed by atoms with Crippen molar-refractivity contribution in [2.75, 3.05) is 0 Å². The molecule has 0 aliphatic carbocycles. The summed E-state index contributed by atoms with van der Waals surface area (Å²) < 4.78 is 32.0. The average Bonchev–Trinajstić information content (AvgIpc) is 2.70. The van der Waals surface area contributed by atoms with Gasteiger partial charge in [-0.25, -0.2) is 8.78 Å². The molecule has 0 saturated heterocycles. The fourth-order valence-electron chi connectivity index (χ4n) is 1.57. The van der Waals surface area contributed by atoms with Crippen molar-refractivity contribution in [3.05, 3.63) is 58.0 Å². The molecule has 1 N–H and O–H groups in total. The molecule has 1 aromatic carbocycles. The number of aliphatic hydroxyl groups is 1. The summed E-state index contributed by atoms with van der Waals surface area (Å²) in [7, 11) is 0. The first-order valence-electron chi connectivity index (χ1n) is 4.93. The van der Waals surface area contributed by atoms with Crippen LogP contribution in [0.15, 0.2) is 39.6 Å². The van der Waals surface area contributed by atoms with Crippen LogP contribution in [0.2, 0.25) is 0 Å². The molecule has 0 aliphatic heterocycles. The van der Waals surface area contributed by atoms with Crippen molar-refractivity contribution >= 4 is 15.9 Å². The Kier molecular flexibility index (Phi) is 3.59. The van der Waals surface area contributed by atoms with Gasteiger partial charge in [-0.15, -0.1) is 0 Å². The van der Waals surface area contributed by atoms with Crippen LogP contribution in [0.25, 0.3) is 0 Å². The molecule has 5 heteroatoms. The van der Waals surface area contributed by atoms with Crippen LogP contribution in [0.1, 0.15) is 17.2 Å². The van der Waals surface area contributed by atoms with E-state index in [0.717, 1.165) is 12.1 Å². The van der Waals surface area contributed by atoms with E-state index in [1.54, 1.807) is 6.07 Å². The molecule has 0 aliphatic rings. The molecule has 0 amide bonds. The maximum Gasteiger partial charge on any atom is 0.174 e. The zero-order chi connectivity index (χ0) is 12.4. The minimum Gasteiger partial charge on any atom is -0.457 e. The predicted molar refractivity (Wildman–Crippen MR) is 61.4 cm³/mol. The SMILES string of the molecule is OC(Cc1c(F)cccc1F)c1ccoc1Br. The normalized spacial score (nSPS) is 12.7. The third-order valence-corrected chi connectivity index (χ3v) is 3.11. The van der Waals surface area contributed by atoms with E-state index in [2.05, 4.69) is 15.9 Å². The highest BCUT2D eigenvalue weighted by molar-refractivity contribution is 9.10. The summed E-state index contributed by atoms with van der Waals surface area (Å²) in [6.45, 7) is 0. The minimum absolute atomic E-state index is 0.131. The van der Waals surface area contributed by atoms with Crippen LogP contribution in [-0.4, -0.2) is 5.11 Å². The van der Waals surface area contributed by atoms with Crippen molar-refractivity contribution < 1.29 is 18.3 Å².